The second-order valence-electron chi connectivity index (χ2n) is 9.87. The van der Waals surface area contributed by atoms with Crippen LogP contribution in [-0.2, 0) is 10.0 Å². The molecule has 2 fully saturated rings. The zero-order valence-electron chi connectivity index (χ0n) is 21.2. The Morgan fingerprint density at radius 2 is 1.88 bits per heavy atom. The number of rotatable bonds is 10. The van der Waals surface area contributed by atoms with Crippen molar-refractivity contribution in [2.75, 3.05) is 35.4 Å². The molecule has 5 rings (SSSR count). The molecule has 220 valence electrons. The number of piperidine rings is 1. The number of benzene rings is 1. The number of nitrogens with zero attached hydrogens (tertiary/aromatic N) is 3. The molecule has 1 aromatic carbocycles. The number of alkyl halides is 3. The summed E-state index contributed by atoms with van der Waals surface area (Å²) in [5, 5.41) is 6.04. The van der Waals surface area contributed by atoms with Gasteiger partial charge in [0.2, 0.25) is 27.7 Å². The molecule has 1 aliphatic heterocycles. The van der Waals surface area contributed by atoms with E-state index in [1.807, 2.05) is 0 Å². The third kappa shape index (κ3) is 6.81. The molecule has 1 saturated heterocycles. The van der Waals surface area contributed by atoms with Crippen molar-refractivity contribution in [2.24, 2.45) is 11.8 Å². The van der Waals surface area contributed by atoms with Gasteiger partial charge in [-0.25, -0.2) is 45.3 Å². The minimum absolute atomic E-state index is 0.0122. The third-order valence-corrected chi connectivity index (χ3v) is 7.96. The number of sulfonamides is 1. The van der Waals surface area contributed by atoms with Gasteiger partial charge in [-0.15, -0.1) is 0 Å². The number of hydrogen-bond acceptors (Lipinski definition) is 8. The van der Waals surface area contributed by atoms with Gasteiger partial charge in [-0.1, -0.05) is 0 Å². The van der Waals surface area contributed by atoms with Crippen molar-refractivity contribution in [1.29, 1.82) is 0 Å². The molecular formula is C25H24F6N6O3S. The van der Waals surface area contributed by atoms with Crippen LogP contribution in [0, 0.1) is 29.3 Å². The first kappa shape index (κ1) is 28.9. The average Bonchev–Trinajstić information content (AvgIpc) is 3.53. The molecule has 0 amide bonds. The molecule has 3 aromatic rings. The molecule has 2 unspecified atom stereocenters. The monoisotopic (exact) mass is 602 g/mol. The molecule has 0 bridgehead atoms. The van der Waals surface area contributed by atoms with E-state index in [1.54, 1.807) is 0 Å². The lowest BCUT2D eigenvalue weighted by Crippen LogP contribution is -2.40. The Morgan fingerprint density at radius 3 is 2.61 bits per heavy atom. The molecule has 2 aromatic heterocycles. The highest BCUT2D eigenvalue weighted by Gasteiger charge is 2.58. The summed E-state index contributed by atoms with van der Waals surface area (Å²) in [6, 6.07) is 4.93. The molecule has 16 heteroatoms. The van der Waals surface area contributed by atoms with Crippen LogP contribution < -0.4 is 20.1 Å². The van der Waals surface area contributed by atoms with E-state index in [-0.39, 0.29) is 29.0 Å². The highest BCUT2D eigenvalue weighted by Crippen LogP contribution is 2.49. The molecule has 3 heterocycles. The van der Waals surface area contributed by atoms with E-state index in [0.717, 1.165) is 0 Å². The second-order valence-corrected chi connectivity index (χ2v) is 11.6. The summed E-state index contributed by atoms with van der Waals surface area (Å²) in [5.41, 5.74) is -0.895. The van der Waals surface area contributed by atoms with Gasteiger partial charge >= 0.3 is 0 Å². The average molecular weight is 603 g/mol. The van der Waals surface area contributed by atoms with Crippen LogP contribution in [0.15, 0.2) is 36.7 Å². The van der Waals surface area contributed by atoms with Crippen molar-refractivity contribution in [3.63, 3.8) is 0 Å². The molecule has 0 radical (unpaired) electrons. The van der Waals surface area contributed by atoms with Crippen molar-refractivity contribution in [3.05, 3.63) is 54.1 Å². The Bertz CT molecular complexity index is 1550. The zero-order chi connectivity index (χ0) is 29.4. The van der Waals surface area contributed by atoms with E-state index < -0.39 is 69.1 Å². The molecular weight excluding hydrogens is 578 g/mol. The summed E-state index contributed by atoms with van der Waals surface area (Å²) < 4.78 is 115. The standard InChI is InChI=1S/C25H24F6N6O3S/c26-15-6-13(9-32-11-15)10-35-24-34-5-3-18(36-24)16-2-1-4-33-23(16)40-19-7-17(27)22(21(29)20(19)28)37-41(38,39)12-14-8-25(14,30)31/h1-5,7,13-15,32,37H,6,8-12H2,(H,34,35,36)/t13?,14?,15-/m0/s1. The van der Waals surface area contributed by atoms with Crippen molar-refractivity contribution in [2.45, 2.75) is 24.9 Å². The Labute approximate surface area is 230 Å². The van der Waals surface area contributed by atoms with Gasteiger partial charge in [0.15, 0.2) is 17.4 Å². The minimum atomic E-state index is -4.61. The fourth-order valence-electron chi connectivity index (χ4n) is 4.38. The lowest BCUT2D eigenvalue weighted by Gasteiger charge is -2.25. The summed E-state index contributed by atoms with van der Waals surface area (Å²) >= 11 is 0. The van der Waals surface area contributed by atoms with Gasteiger partial charge in [0.05, 0.1) is 17.0 Å². The number of ether oxygens (including phenoxy) is 1. The Hall–Kier alpha value is -3.66. The third-order valence-electron chi connectivity index (χ3n) is 6.61. The number of pyridine rings is 1. The summed E-state index contributed by atoms with van der Waals surface area (Å²) in [6.07, 6.45) is 1.47. The minimum Gasteiger partial charge on any atom is -0.435 e. The van der Waals surface area contributed by atoms with Gasteiger partial charge in [-0.2, -0.15) is 4.39 Å². The predicted molar refractivity (Wildman–Crippen MR) is 136 cm³/mol. The molecule has 2 aliphatic rings. The Morgan fingerprint density at radius 1 is 1.10 bits per heavy atom. The van der Waals surface area contributed by atoms with Gasteiger partial charge in [-0.3, -0.25) is 4.72 Å². The van der Waals surface area contributed by atoms with Crippen molar-refractivity contribution >= 4 is 21.7 Å². The van der Waals surface area contributed by atoms with E-state index in [2.05, 4.69) is 25.6 Å². The summed E-state index contributed by atoms with van der Waals surface area (Å²) in [4.78, 5) is 12.5. The number of aromatic nitrogens is 3. The highest BCUT2D eigenvalue weighted by atomic mass is 32.2. The number of hydrogen-bond donors (Lipinski definition) is 3. The van der Waals surface area contributed by atoms with Crippen LogP contribution in [0.25, 0.3) is 11.3 Å². The lowest BCUT2D eigenvalue weighted by molar-refractivity contribution is 0.103. The molecule has 41 heavy (non-hydrogen) atoms. The number of anilines is 2. The van der Waals surface area contributed by atoms with E-state index in [4.69, 9.17) is 4.74 Å². The first-order valence-electron chi connectivity index (χ1n) is 12.5. The topological polar surface area (TPSA) is 118 Å². The van der Waals surface area contributed by atoms with Gasteiger partial charge in [0.25, 0.3) is 5.92 Å². The van der Waals surface area contributed by atoms with Crippen LogP contribution in [-0.4, -0.2) is 60.9 Å². The number of nitrogens with one attached hydrogen (secondary N) is 3. The molecule has 3 N–H and O–H groups in total. The molecule has 0 spiro atoms. The molecule has 9 nitrogen and oxygen atoms in total. The quantitative estimate of drug-likeness (QED) is 0.229. The van der Waals surface area contributed by atoms with Gasteiger partial charge < -0.3 is 15.4 Å². The largest absolute Gasteiger partial charge is 0.435 e. The fraction of sp³-hybridized carbons (Fsp3) is 0.400. The maximum Gasteiger partial charge on any atom is 0.252 e. The summed E-state index contributed by atoms with van der Waals surface area (Å²) in [7, 11) is -4.61. The zero-order valence-corrected chi connectivity index (χ0v) is 22.0. The van der Waals surface area contributed by atoms with E-state index in [0.29, 0.717) is 32.1 Å². The van der Waals surface area contributed by atoms with E-state index in [1.165, 1.54) is 35.3 Å². The summed E-state index contributed by atoms with van der Waals surface area (Å²) in [6.45, 7) is 1.33. The van der Waals surface area contributed by atoms with E-state index >= 15 is 0 Å². The first-order chi connectivity index (χ1) is 19.4. The Balaban J connectivity index is 1.34. The van der Waals surface area contributed by atoms with Gasteiger partial charge in [0.1, 0.15) is 11.9 Å². The first-order valence-corrected chi connectivity index (χ1v) is 14.2. The second kappa shape index (κ2) is 11.3. The van der Waals surface area contributed by atoms with Crippen LogP contribution in [0.2, 0.25) is 0 Å². The molecule has 1 aliphatic carbocycles. The SMILES string of the molecule is O=S(=O)(CC1CC1(F)F)Nc1c(F)cc(Oc2ncccc2-c2ccnc(NCC3CNC[C@@H](F)C3)n2)c(F)c1F. The van der Waals surface area contributed by atoms with Crippen molar-refractivity contribution in [1.82, 2.24) is 20.3 Å². The van der Waals surface area contributed by atoms with Crippen LogP contribution in [0.4, 0.5) is 38.0 Å². The maximum atomic E-state index is 14.9. The van der Waals surface area contributed by atoms with Crippen LogP contribution in [0.1, 0.15) is 12.8 Å². The van der Waals surface area contributed by atoms with Crippen LogP contribution in [0.5, 0.6) is 11.6 Å². The Kier molecular flexibility index (Phi) is 7.96. The normalized spacial score (nSPS) is 21.8. The summed E-state index contributed by atoms with van der Waals surface area (Å²) in [5.74, 6) is -12.0. The number of halogens is 6. The fourth-order valence-corrected chi connectivity index (χ4v) is 5.86. The smallest absolute Gasteiger partial charge is 0.252 e. The molecule has 1 saturated carbocycles. The van der Waals surface area contributed by atoms with Crippen LogP contribution in [0.3, 0.4) is 0 Å². The lowest BCUT2D eigenvalue weighted by atomic mass is 9.98. The van der Waals surface area contributed by atoms with Crippen molar-refractivity contribution < 1.29 is 39.5 Å². The van der Waals surface area contributed by atoms with E-state index in [9.17, 15) is 34.8 Å². The molecule has 3 atom stereocenters. The predicted octanol–water partition coefficient (Wildman–Crippen LogP) is 4.50. The van der Waals surface area contributed by atoms with Gasteiger partial charge in [0, 0.05) is 43.9 Å². The van der Waals surface area contributed by atoms with Crippen molar-refractivity contribution in [3.8, 4) is 22.9 Å². The van der Waals surface area contributed by atoms with Crippen LogP contribution >= 0.6 is 0 Å². The highest BCUT2D eigenvalue weighted by molar-refractivity contribution is 7.92. The van der Waals surface area contributed by atoms with Gasteiger partial charge in [-0.05, 0) is 37.1 Å². The maximum absolute atomic E-state index is 14.9.